The Morgan fingerprint density at radius 3 is 2.38 bits per heavy atom. The van der Waals surface area contributed by atoms with Gasteiger partial charge in [-0.3, -0.25) is 19.3 Å². The summed E-state index contributed by atoms with van der Waals surface area (Å²) in [7, 11) is 0. The Labute approximate surface area is 173 Å². The van der Waals surface area contributed by atoms with Gasteiger partial charge in [0.15, 0.2) is 6.61 Å². The minimum Gasteiger partial charge on any atom is -0.455 e. The highest BCUT2D eigenvalue weighted by Gasteiger charge is 2.44. The van der Waals surface area contributed by atoms with Gasteiger partial charge in [-0.25, -0.2) is 0 Å². The molecule has 1 saturated carbocycles. The molecular weight excluding hydrogens is 368 g/mol. The summed E-state index contributed by atoms with van der Waals surface area (Å²) in [5.74, 6) is -0.507. The zero-order chi connectivity index (χ0) is 21.4. The first-order valence-corrected chi connectivity index (χ1v) is 10.4. The highest BCUT2D eigenvalue weighted by atomic mass is 16.5. The van der Waals surface area contributed by atoms with Crippen molar-refractivity contribution in [1.82, 2.24) is 0 Å². The quantitative estimate of drug-likeness (QED) is 0.774. The molecule has 1 aliphatic carbocycles. The second-order valence-electron chi connectivity index (χ2n) is 9.78. The van der Waals surface area contributed by atoms with Crippen molar-refractivity contribution < 1.29 is 19.1 Å². The summed E-state index contributed by atoms with van der Waals surface area (Å²) < 4.78 is 5.40. The molecule has 1 heterocycles. The molecule has 0 aromatic heterocycles. The molecule has 6 nitrogen and oxygen atoms in total. The molecule has 2 aliphatic rings. The number of anilines is 2. The van der Waals surface area contributed by atoms with Gasteiger partial charge in [0, 0.05) is 0 Å². The van der Waals surface area contributed by atoms with Crippen LogP contribution in [0.4, 0.5) is 11.4 Å². The Hall–Kier alpha value is -2.37. The van der Waals surface area contributed by atoms with Gasteiger partial charge in [0.1, 0.15) is 5.54 Å². The van der Waals surface area contributed by atoms with E-state index in [2.05, 4.69) is 26.1 Å². The zero-order valence-electron chi connectivity index (χ0n) is 18.1. The van der Waals surface area contributed by atoms with Crippen LogP contribution >= 0.6 is 0 Å². The summed E-state index contributed by atoms with van der Waals surface area (Å²) in [6, 6.07) is 7.15. The van der Waals surface area contributed by atoms with Crippen LogP contribution in [0.2, 0.25) is 0 Å². The van der Waals surface area contributed by atoms with Crippen LogP contribution in [-0.4, -0.2) is 29.9 Å². The number of nitrogens with zero attached hydrogens (tertiary/aromatic N) is 1. The fourth-order valence-electron chi connectivity index (χ4n) is 4.41. The van der Waals surface area contributed by atoms with Gasteiger partial charge in [-0.2, -0.15) is 0 Å². The molecule has 1 fully saturated rings. The van der Waals surface area contributed by atoms with Gasteiger partial charge >= 0.3 is 5.97 Å². The number of carbonyl (C=O) groups is 3. The monoisotopic (exact) mass is 400 g/mol. The Bertz CT molecular complexity index is 801. The maximum atomic E-state index is 13.0. The summed E-state index contributed by atoms with van der Waals surface area (Å²) in [5.41, 5.74) is 0.377. The Morgan fingerprint density at radius 1 is 1.14 bits per heavy atom. The van der Waals surface area contributed by atoms with Crippen molar-refractivity contribution >= 4 is 29.2 Å². The van der Waals surface area contributed by atoms with Gasteiger partial charge in [-0.1, -0.05) is 32.9 Å². The van der Waals surface area contributed by atoms with Gasteiger partial charge in [-0.15, -0.1) is 0 Å². The fraction of sp³-hybridized carbons (Fsp3) is 0.609. The van der Waals surface area contributed by atoms with Crippen LogP contribution in [0.25, 0.3) is 0 Å². The molecule has 6 heteroatoms. The summed E-state index contributed by atoms with van der Waals surface area (Å²) in [6.07, 6.45) is 3.61. The molecule has 3 rings (SSSR count). The molecular formula is C23H32N2O4. The largest absolute Gasteiger partial charge is 0.455 e. The van der Waals surface area contributed by atoms with Crippen molar-refractivity contribution in [3.05, 3.63) is 24.3 Å². The molecule has 0 saturated heterocycles. The number of rotatable bonds is 3. The van der Waals surface area contributed by atoms with E-state index in [4.69, 9.17) is 4.74 Å². The molecule has 1 N–H and O–H groups in total. The number of ether oxygens (including phenoxy) is 1. The molecule has 1 aliphatic heterocycles. The summed E-state index contributed by atoms with van der Waals surface area (Å²) >= 11 is 0. The summed E-state index contributed by atoms with van der Waals surface area (Å²) in [6.45, 7) is 9.73. The van der Waals surface area contributed by atoms with E-state index in [1.165, 1.54) is 4.90 Å². The van der Waals surface area contributed by atoms with Crippen LogP contribution in [0.3, 0.4) is 0 Å². The van der Waals surface area contributed by atoms with E-state index in [1.54, 1.807) is 32.0 Å². The van der Waals surface area contributed by atoms with Crippen molar-refractivity contribution in [3.63, 3.8) is 0 Å². The van der Waals surface area contributed by atoms with Crippen molar-refractivity contribution in [2.75, 3.05) is 16.8 Å². The lowest BCUT2D eigenvalue weighted by Gasteiger charge is -2.42. The van der Waals surface area contributed by atoms with E-state index in [-0.39, 0.29) is 29.8 Å². The zero-order valence-corrected chi connectivity index (χ0v) is 18.1. The van der Waals surface area contributed by atoms with E-state index >= 15 is 0 Å². The number of amides is 2. The highest BCUT2D eigenvalue weighted by Crippen LogP contribution is 2.40. The van der Waals surface area contributed by atoms with Crippen molar-refractivity contribution in [1.29, 1.82) is 0 Å². The Balaban J connectivity index is 1.63. The molecule has 0 bridgehead atoms. The van der Waals surface area contributed by atoms with E-state index in [0.29, 0.717) is 17.3 Å². The summed E-state index contributed by atoms with van der Waals surface area (Å²) in [4.78, 5) is 39.4. The minimum atomic E-state index is -1.07. The van der Waals surface area contributed by atoms with E-state index in [0.717, 1.165) is 25.7 Å². The lowest BCUT2D eigenvalue weighted by atomic mass is 9.70. The smallest absolute Gasteiger partial charge is 0.309 e. The van der Waals surface area contributed by atoms with Gasteiger partial charge < -0.3 is 10.1 Å². The molecule has 1 aromatic carbocycles. The maximum absolute atomic E-state index is 13.0. The molecule has 0 radical (unpaired) electrons. The fourth-order valence-corrected chi connectivity index (χ4v) is 4.41. The van der Waals surface area contributed by atoms with Crippen LogP contribution in [0.5, 0.6) is 0 Å². The van der Waals surface area contributed by atoms with Gasteiger partial charge in [0.05, 0.1) is 17.3 Å². The second-order valence-corrected chi connectivity index (χ2v) is 9.78. The minimum absolute atomic E-state index is 0.147. The Kier molecular flexibility index (Phi) is 5.74. The lowest BCUT2D eigenvalue weighted by molar-refractivity contribution is -0.153. The first-order valence-electron chi connectivity index (χ1n) is 10.4. The first-order chi connectivity index (χ1) is 13.5. The molecule has 2 amide bonds. The standard InChI is InChI=1S/C23H32N2O4/c1-22(2,3)16-12-10-15(11-13-16)20(27)29-14-19(26)25-18-9-7-6-8-17(18)24-21(28)23(25,4)5/h6-9,15-16H,10-14H2,1-5H3,(H,24,28). The molecule has 29 heavy (non-hydrogen) atoms. The molecule has 158 valence electrons. The molecule has 1 aromatic rings. The number of carbonyl (C=O) groups excluding carboxylic acids is 3. The van der Waals surface area contributed by atoms with E-state index < -0.39 is 11.4 Å². The van der Waals surface area contributed by atoms with Crippen LogP contribution in [0.1, 0.15) is 60.3 Å². The number of hydrogen-bond donors (Lipinski definition) is 1. The van der Waals surface area contributed by atoms with Gasteiger partial charge in [0.2, 0.25) is 5.91 Å². The van der Waals surface area contributed by atoms with Crippen molar-refractivity contribution in [3.8, 4) is 0 Å². The second kappa shape index (κ2) is 7.81. The molecule has 0 unspecified atom stereocenters. The third kappa shape index (κ3) is 4.31. The van der Waals surface area contributed by atoms with Gasteiger partial charge in [0.25, 0.3) is 5.91 Å². The van der Waals surface area contributed by atoms with Gasteiger partial charge in [-0.05, 0) is 63.0 Å². The molecule has 0 atom stereocenters. The maximum Gasteiger partial charge on any atom is 0.309 e. The predicted octanol–water partition coefficient (Wildman–Crippen LogP) is 4.15. The number of fused-ring (bicyclic) bond motifs is 1. The Morgan fingerprint density at radius 2 is 1.76 bits per heavy atom. The van der Waals surface area contributed by atoms with Crippen molar-refractivity contribution in [2.24, 2.45) is 17.3 Å². The normalized spacial score (nSPS) is 23.8. The van der Waals surface area contributed by atoms with Crippen LogP contribution < -0.4 is 10.2 Å². The van der Waals surface area contributed by atoms with Crippen LogP contribution in [-0.2, 0) is 19.1 Å². The number of para-hydroxylation sites is 2. The number of nitrogens with one attached hydrogen (secondary N) is 1. The first kappa shape index (κ1) is 21.3. The number of esters is 1. The third-order valence-corrected chi connectivity index (χ3v) is 6.38. The molecule has 0 spiro atoms. The van der Waals surface area contributed by atoms with Crippen molar-refractivity contribution in [2.45, 2.75) is 65.8 Å². The van der Waals surface area contributed by atoms with Crippen LogP contribution in [0, 0.1) is 17.3 Å². The SMILES string of the molecule is CC(C)(C)C1CCC(C(=O)OCC(=O)N2c3ccccc3NC(=O)C2(C)C)CC1. The van der Waals surface area contributed by atoms with E-state index in [9.17, 15) is 14.4 Å². The average molecular weight is 401 g/mol. The predicted molar refractivity (Wildman–Crippen MR) is 112 cm³/mol. The lowest BCUT2D eigenvalue weighted by Crippen LogP contribution is -2.59. The third-order valence-electron chi connectivity index (χ3n) is 6.38. The van der Waals surface area contributed by atoms with Crippen LogP contribution in [0.15, 0.2) is 24.3 Å². The average Bonchev–Trinajstić information content (AvgIpc) is 2.66. The number of hydrogen-bond acceptors (Lipinski definition) is 4. The number of benzene rings is 1. The van der Waals surface area contributed by atoms with E-state index in [1.807, 2.05) is 6.07 Å². The highest BCUT2D eigenvalue weighted by molar-refractivity contribution is 6.14. The summed E-state index contributed by atoms with van der Waals surface area (Å²) in [5, 5.41) is 2.83. The topological polar surface area (TPSA) is 75.7 Å².